The van der Waals surface area contributed by atoms with Gasteiger partial charge in [-0.3, -0.25) is 4.98 Å². The van der Waals surface area contributed by atoms with Crippen LogP contribution < -0.4 is 5.73 Å². The third kappa shape index (κ3) is 1.69. The topological polar surface area (TPSA) is 38.9 Å². The lowest BCUT2D eigenvalue weighted by Crippen LogP contribution is -2.30. The maximum Gasteiger partial charge on any atom is 0.433 e. The van der Waals surface area contributed by atoms with Gasteiger partial charge in [0.05, 0.1) is 5.41 Å². The summed E-state index contributed by atoms with van der Waals surface area (Å²) in [5, 5.41) is 0. The highest BCUT2D eigenvalue weighted by Gasteiger charge is 2.72. The highest BCUT2D eigenvalue weighted by molar-refractivity contribution is 5.42. The molecule has 1 aliphatic rings. The number of alkyl halides is 5. The lowest BCUT2D eigenvalue weighted by Gasteiger charge is -2.18. The summed E-state index contributed by atoms with van der Waals surface area (Å²) in [5.41, 5.74) is 1.51. The van der Waals surface area contributed by atoms with Crippen LogP contribution in [0.1, 0.15) is 17.7 Å². The first kappa shape index (κ1) is 12.2. The van der Waals surface area contributed by atoms with E-state index in [1.807, 2.05) is 0 Å². The van der Waals surface area contributed by atoms with E-state index in [2.05, 4.69) is 4.98 Å². The van der Waals surface area contributed by atoms with Gasteiger partial charge in [-0.15, -0.1) is 0 Å². The zero-order valence-electron chi connectivity index (χ0n) is 8.56. The Bertz CT molecular complexity index is 443. The Morgan fingerprint density at radius 3 is 2.35 bits per heavy atom. The van der Waals surface area contributed by atoms with Crippen LogP contribution in [0, 0.1) is 0 Å². The second-order valence-corrected chi connectivity index (χ2v) is 4.06. The molecular formula is C10H9F5N2. The van der Waals surface area contributed by atoms with Crippen molar-refractivity contribution < 1.29 is 22.0 Å². The van der Waals surface area contributed by atoms with E-state index < -0.39 is 41.7 Å². The average molecular weight is 252 g/mol. The Hall–Kier alpha value is -1.24. The van der Waals surface area contributed by atoms with Crippen LogP contribution in [-0.2, 0) is 11.6 Å². The van der Waals surface area contributed by atoms with Crippen LogP contribution in [0.25, 0.3) is 0 Å². The molecule has 94 valence electrons. The van der Waals surface area contributed by atoms with E-state index in [1.165, 1.54) is 6.07 Å². The summed E-state index contributed by atoms with van der Waals surface area (Å²) in [6, 6.07) is 2.22. The fourth-order valence-corrected chi connectivity index (χ4v) is 1.98. The molecule has 2 rings (SSSR count). The molecule has 1 aliphatic carbocycles. The molecule has 2 N–H and O–H groups in total. The van der Waals surface area contributed by atoms with Gasteiger partial charge in [-0.2, -0.15) is 13.2 Å². The minimum Gasteiger partial charge on any atom is -0.329 e. The number of halogens is 5. The molecule has 0 bridgehead atoms. The van der Waals surface area contributed by atoms with Crippen molar-refractivity contribution in [3.05, 3.63) is 29.6 Å². The average Bonchev–Trinajstić information content (AvgIpc) is 2.81. The summed E-state index contributed by atoms with van der Waals surface area (Å²) >= 11 is 0. The maximum absolute atomic E-state index is 13.2. The highest BCUT2D eigenvalue weighted by atomic mass is 19.4. The molecule has 1 fully saturated rings. The van der Waals surface area contributed by atoms with Gasteiger partial charge in [-0.05, 0) is 11.6 Å². The monoisotopic (exact) mass is 252 g/mol. The molecule has 1 unspecified atom stereocenters. The van der Waals surface area contributed by atoms with Gasteiger partial charge in [-0.1, -0.05) is 6.07 Å². The number of aromatic nitrogens is 1. The Labute approximate surface area is 93.6 Å². The van der Waals surface area contributed by atoms with Crippen LogP contribution >= 0.6 is 0 Å². The van der Waals surface area contributed by atoms with Gasteiger partial charge in [0.15, 0.2) is 0 Å². The Kier molecular flexibility index (Phi) is 2.43. The molecule has 0 spiro atoms. The predicted octanol–water partition coefficient (Wildman–Crippen LogP) is 2.34. The molecule has 0 aromatic carbocycles. The molecule has 0 saturated heterocycles. The number of hydrogen-bond donors (Lipinski definition) is 1. The lowest BCUT2D eigenvalue weighted by molar-refractivity contribution is -0.142. The molecule has 1 aromatic rings. The SMILES string of the molecule is NCC1(c2cccnc2C(F)(F)F)CC1(F)F. The number of nitrogens with two attached hydrogens (primary N) is 1. The van der Waals surface area contributed by atoms with E-state index in [1.54, 1.807) is 0 Å². The summed E-state index contributed by atoms with van der Waals surface area (Å²) in [4.78, 5) is 3.16. The van der Waals surface area contributed by atoms with Gasteiger partial charge >= 0.3 is 6.18 Å². The summed E-state index contributed by atoms with van der Waals surface area (Å²) in [6.45, 7) is -0.533. The highest BCUT2D eigenvalue weighted by Crippen LogP contribution is 2.62. The minimum absolute atomic E-state index is 0.514. The third-order valence-corrected chi connectivity index (χ3v) is 3.04. The number of rotatable bonds is 2. The molecule has 17 heavy (non-hydrogen) atoms. The van der Waals surface area contributed by atoms with Crippen molar-refractivity contribution in [2.45, 2.75) is 23.9 Å². The molecule has 0 aliphatic heterocycles. The Balaban J connectivity index is 2.54. The van der Waals surface area contributed by atoms with Crippen molar-refractivity contribution in [2.24, 2.45) is 5.73 Å². The molecule has 0 radical (unpaired) electrons. The molecule has 1 saturated carbocycles. The summed E-state index contributed by atoms with van der Waals surface area (Å²) in [7, 11) is 0. The van der Waals surface area contributed by atoms with E-state index in [0.29, 0.717) is 0 Å². The third-order valence-electron chi connectivity index (χ3n) is 3.04. The van der Waals surface area contributed by atoms with Gasteiger partial charge in [0.1, 0.15) is 5.69 Å². The first-order chi connectivity index (χ1) is 7.74. The van der Waals surface area contributed by atoms with Crippen molar-refractivity contribution in [1.29, 1.82) is 0 Å². The fraction of sp³-hybridized carbons (Fsp3) is 0.500. The van der Waals surface area contributed by atoms with Crippen molar-refractivity contribution in [2.75, 3.05) is 6.54 Å². The molecule has 7 heteroatoms. The normalized spacial score (nSPS) is 26.9. The molecule has 2 nitrogen and oxygen atoms in total. The quantitative estimate of drug-likeness (QED) is 0.820. The van der Waals surface area contributed by atoms with Crippen LogP contribution in [0.4, 0.5) is 22.0 Å². The second-order valence-electron chi connectivity index (χ2n) is 4.06. The number of hydrogen-bond acceptors (Lipinski definition) is 2. The van der Waals surface area contributed by atoms with E-state index in [9.17, 15) is 22.0 Å². The van der Waals surface area contributed by atoms with Gasteiger partial charge < -0.3 is 5.73 Å². The summed E-state index contributed by atoms with van der Waals surface area (Å²) in [5.74, 6) is -3.19. The van der Waals surface area contributed by atoms with E-state index >= 15 is 0 Å². The van der Waals surface area contributed by atoms with Crippen molar-refractivity contribution in [1.82, 2.24) is 4.98 Å². The Morgan fingerprint density at radius 2 is 1.94 bits per heavy atom. The van der Waals surface area contributed by atoms with Gasteiger partial charge in [-0.25, -0.2) is 8.78 Å². The summed E-state index contributed by atoms with van der Waals surface area (Å²) in [6.07, 6.45) is -4.49. The fourth-order valence-electron chi connectivity index (χ4n) is 1.98. The standard InChI is InChI=1S/C10H9F5N2/c11-9(12)4-8(9,5-16)6-2-1-3-17-7(6)10(13,14)15/h1-3H,4-5,16H2. The first-order valence-corrected chi connectivity index (χ1v) is 4.85. The first-order valence-electron chi connectivity index (χ1n) is 4.85. The zero-order valence-corrected chi connectivity index (χ0v) is 8.56. The molecule has 1 aromatic heterocycles. The molecule has 1 heterocycles. The summed E-state index contributed by atoms with van der Waals surface area (Å²) < 4.78 is 64.4. The van der Waals surface area contributed by atoms with E-state index in [-0.39, 0.29) is 0 Å². The van der Waals surface area contributed by atoms with E-state index in [0.717, 1.165) is 12.3 Å². The van der Waals surface area contributed by atoms with Gasteiger partial charge in [0.2, 0.25) is 0 Å². The Morgan fingerprint density at radius 1 is 1.35 bits per heavy atom. The number of pyridine rings is 1. The van der Waals surface area contributed by atoms with Crippen LogP contribution in [0.15, 0.2) is 18.3 Å². The second kappa shape index (κ2) is 3.38. The number of nitrogens with zero attached hydrogens (tertiary/aromatic N) is 1. The van der Waals surface area contributed by atoms with Gasteiger partial charge in [0, 0.05) is 19.2 Å². The van der Waals surface area contributed by atoms with Crippen LogP contribution in [-0.4, -0.2) is 17.5 Å². The van der Waals surface area contributed by atoms with Crippen LogP contribution in [0.2, 0.25) is 0 Å². The van der Waals surface area contributed by atoms with Crippen molar-refractivity contribution >= 4 is 0 Å². The smallest absolute Gasteiger partial charge is 0.329 e. The van der Waals surface area contributed by atoms with E-state index in [4.69, 9.17) is 5.73 Å². The van der Waals surface area contributed by atoms with Crippen LogP contribution in [0.5, 0.6) is 0 Å². The zero-order chi connectivity index (χ0) is 12.9. The molecule has 1 atom stereocenters. The van der Waals surface area contributed by atoms with Crippen molar-refractivity contribution in [3.63, 3.8) is 0 Å². The maximum atomic E-state index is 13.2. The lowest BCUT2D eigenvalue weighted by atomic mass is 9.93. The minimum atomic E-state index is -4.75. The van der Waals surface area contributed by atoms with Crippen LogP contribution in [0.3, 0.4) is 0 Å². The molecular weight excluding hydrogens is 243 g/mol. The van der Waals surface area contributed by atoms with Crippen molar-refractivity contribution in [3.8, 4) is 0 Å². The molecule has 0 amide bonds. The van der Waals surface area contributed by atoms with Gasteiger partial charge in [0.25, 0.3) is 5.92 Å². The largest absolute Gasteiger partial charge is 0.433 e. The predicted molar refractivity (Wildman–Crippen MR) is 49.5 cm³/mol.